The van der Waals surface area contributed by atoms with E-state index in [0.717, 1.165) is 9.87 Å². The third kappa shape index (κ3) is 11.6. The zero-order valence-corrected chi connectivity index (χ0v) is 29.2. The second kappa shape index (κ2) is 20.2. The number of aldehydes is 1. The molecular weight excluding hydrogens is 652 g/mol. The zero-order valence-electron chi connectivity index (χ0n) is 28.4. The Hall–Kier alpha value is -4.41. The van der Waals surface area contributed by atoms with E-state index >= 15 is 0 Å². The Balaban J connectivity index is 2.10. The molecule has 2 bridgehead atoms. The van der Waals surface area contributed by atoms with Crippen LogP contribution in [0.3, 0.4) is 0 Å². The van der Waals surface area contributed by atoms with Crippen molar-refractivity contribution >= 4 is 39.5 Å². The summed E-state index contributed by atoms with van der Waals surface area (Å²) in [6, 6.07) is 11.5. The fraction of sp³-hybridized carbons (Fsp3) is 0.412. The molecule has 2 amide bonds. The van der Waals surface area contributed by atoms with E-state index in [4.69, 9.17) is 19.2 Å². The maximum Gasteiger partial charge on any atom is 0.276 e. The van der Waals surface area contributed by atoms with E-state index < -0.39 is 28.4 Å². The van der Waals surface area contributed by atoms with Gasteiger partial charge in [0.2, 0.25) is 15.9 Å². The normalized spacial score (nSPS) is 18.9. The maximum atomic E-state index is 13.9. The molecule has 4 rings (SSSR count). The van der Waals surface area contributed by atoms with E-state index in [1.54, 1.807) is 38.2 Å². The van der Waals surface area contributed by atoms with Crippen LogP contribution in [0, 0.1) is 0 Å². The van der Waals surface area contributed by atoms with Gasteiger partial charge in [0, 0.05) is 37.0 Å². The van der Waals surface area contributed by atoms with E-state index in [0.29, 0.717) is 47.7 Å². The summed E-state index contributed by atoms with van der Waals surface area (Å²) < 4.78 is 45.8. The summed E-state index contributed by atoms with van der Waals surface area (Å²) in [5, 5.41) is 11.5. The second-order valence-corrected chi connectivity index (χ2v) is 12.7. The van der Waals surface area contributed by atoms with E-state index in [2.05, 4.69) is 21.3 Å². The van der Waals surface area contributed by atoms with Gasteiger partial charge in [0.05, 0.1) is 55.8 Å². The third-order valence-corrected chi connectivity index (χ3v) is 9.08. The molecule has 0 aliphatic carbocycles. The lowest BCUT2D eigenvalue weighted by Crippen LogP contribution is -2.42. The van der Waals surface area contributed by atoms with Gasteiger partial charge in [-0.3, -0.25) is 9.59 Å². The number of carbonyl (C=O) groups excluding carboxylic acids is 3. The molecule has 0 fully saturated rings. The highest BCUT2D eigenvalue weighted by Crippen LogP contribution is 2.30. The molecule has 2 aliphatic rings. The average Bonchev–Trinajstić information content (AvgIpc) is 3.09. The first-order chi connectivity index (χ1) is 23.7. The number of anilines is 1. The van der Waals surface area contributed by atoms with Crippen LogP contribution in [0.25, 0.3) is 0 Å². The summed E-state index contributed by atoms with van der Waals surface area (Å²) in [4.78, 5) is 41.8. The van der Waals surface area contributed by atoms with Crippen LogP contribution in [0.15, 0.2) is 75.9 Å². The highest BCUT2D eigenvalue weighted by Gasteiger charge is 2.27. The minimum Gasteiger partial charge on any atom is -0.489 e. The number of nitrogens with one attached hydrogen (secondary N) is 4. The second-order valence-electron chi connectivity index (χ2n) is 10.7. The number of hydrogen-bond acceptors (Lipinski definition) is 11. The van der Waals surface area contributed by atoms with Crippen LogP contribution in [0.5, 0.6) is 5.75 Å². The first-order valence-electron chi connectivity index (χ1n) is 16.0. The van der Waals surface area contributed by atoms with Gasteiger partial charge < -0.3 is 40.3 Å². The van der Waals surface area contributed by atoms with Crippen molar-refractivity contribution < 1.29 is 37.0 Å². The number of aliphatic imine (C=N–C) groups is 1. The predicted molar refractivity (Wildman–Crippen MR) is 187 cm³/mol. The zero-order chi connectivity index (χ0) is 35.6. The number of hydrogen-bond donors (Lipinski definition) is 4. The van der Waals surface area contributed by atoms with E-state index in [9.17, 15) is 22.8 Å². The molecule has 0 spiro atoms. The number of carbonyl (C=O) groups is 3. The Bertz CT molecular complexity index is 1620. The van der Waals surface area contributed by atoms with Gasteiger partial charge >= 0.3 is 0 Å². The SMILES string of the molecule is CC/C=C/C1=N/C(=C(\C)NC)C(=O)Nc2cccc(CNC)c2OCCOCCOCCN(CC(=O)NCC=O)S(=O)(=O)c2ccc1cc2. The Kier molecular flexibility index (Phi) is 16.1. The molecule has 49 heavy (non-hydrogen) atoms. The van der Waals surface area contributed by atoms with Crippen molar-refractivity contribution in [3.05, 3.63) is 77.1 Å². The van der Waals surface area contributed by atoms with Gasteiger partial charge in [-0.15, -0.1) is 0 Å². The summed E-state index contributed by atoms with van der Waals surface area (Å²) >= 11 is 0. The smallest absolute Gasteiger partial charge is 0.276 e. The summed E-state index contributed by atoms with van der Waals surface area (Å²) in [6.45, 7) is 4.10. The van der Waals surface area contributed by atoms with Crippen molar-refractivity contribution in [1.29, 1.82) is 0 Å². The van der Waals surface area contributed by atoms with Crippen LogP contribution in [-0.4, -0.2) is 103 Å². The van der Waals surface area contributed by atoms with Crippen LogP contribution in [0.1, 0.15) is 31.4 Å². The summed E-state index contributed by atoms with van der Waals surface area (Å²) in [6.07, 6.45) is 4.85. The quantitative estimate of drug-likeness (QED) is 0.172. The van der Waals surface area contributed by atoms with Crippen molar-refractivity contribution in [3.8, 4) is 5.75 Å². The van der Waals surface area contributed by atoms with Crippen molar-refractivity contribution in [1.82, 2.24) is 20.3 Å². The van der Waals surface area contributed by atoms with Gasteiger partial charge in [-0.1, -0.05) is 37.3 Å². The molecular formula is C34H46N6O8S. The molecule has 0 saturated heterocycles. The van der Waals surface area contributed by atoms with E-state index in [-0.39, 0.29) is 56.7 Å². The maximum absolute atomic E-state index is 13.9. The van der Waals surface area contributed by atoms with E-state index in [1.165, 1.54) is 12.1 Å². The number of amides is 2. The van der Waals surface area contributed by atoms with Gasteiger partial charge in [-0.2, -0.15) is 4.31 Å². The molecule has 266 valence electrons. The standard InChI is InChI=1S/C34H46N6O8S/c1-5-6-9-29-26-11-13-28(14-12-26)49(44,45)40(24-31(42)37-15-17-41)16-18-46-19-20-47-21-22-48-33-27(23-35-3)8-7-10-30(33)39-34(43)32(38-29)25(2)36-4/h6-14,17,35-36H,5,15-16,18-24H2,1-4H3,(H,37,42)(H,39,43)/b9-6+,32-25+,38-29-. The van der Waals surface area contributed by atoms with Gasteiger partial charge in [0.15, 0.2) is 0 Å². The number of fused-ring (bicyclic) bond motifs is 15. The molecule has 2 heterocycles. The molecule has 0 aromatic heterocycles. The Morgan fingerprint density at radius 3 is 2.43 bits per heavy atom. The first-order valence-corrected chi connectivity index (χ1v) is 17.4. The monoisotopic (exact) mass is 698 g/mol. The highest BCUT2D eigenvalue weighted by atomic mass is 32.2. The average molecular weight is 699 g/mol. The van der Waals surface area contributed by atoms with Crippen molar-refractivity contribution in [2.24, 2.45) is 4.99 Å². The minimum absolute atomic E-state index is 0.00285. The number of allylic oxidation sites excluding steroid dienone is 3. The molecule has 0 unspecified atom stereocenters. The molecule has 0 saturated carbocycles. The molecule has 15 heteroatoms. The largest absolute Gasteiger partial charge is 0.489 e. The van der Waals surface area contributed by atoms with Crippen LogP contribution in [0.4, 0.5) is 5.69 Å². The molecule has 0 atom stereocenters. The van der Waals surface area contributed by atoms with Gasteiger partial charge in [-0.25, -0.2) is 13.4 Å². The Labute approximate surface area is 288 Å². The van der Waals surface area contributed by atoms with Gasteiger partial charge in [0.1, 0.15) is 24.3 Å². The molecule has 14 nitrogen and oxygen atoms in total. The van der Waals surface area contributed by atoms with Crippen LogP contribution >= 0.6 is 0 Å². The minimum atomic E-state index is -4.16. The van der Waals surface area contributed by atoms with E-state index in [1.807, 2.05) is 32.2 Å². The molecule has 0 radical (unpaired) electrons. The molecule has 2 aromatic carbocycles. The lowest BCUT2D eigenvalue weighted by molar-refractivity contribution is -0.122. The fourth-order valence-corrected chi connectivity index (χ4v) is 6.01. The fourth-order valence-electron chi connectivity index (χ4n) is 4.63. The predicted octanol–water partition coefficient (Wildman–Crippen LogP) is 1.98. The number of ether oxygens (including phenoxy) is 3. The molecule has 2 aromatic rings. The van der Waals surface area contributed by atoms with Crippen molar-refractivity contribution in [3.63, 3.8) is 0 Å². The number of para-hydroxylation sites is 1. The molecule has 2 aliphatic heterocycles. The van der Waals surface area contributed by atoms with Crippen LogP contribution in [-0.2, 0) is 40.4 Å². The molecule has 4 N–H and O–H groups in total. The van der Waals surface area contributed by atoms with Crippen LogP contribution in [0.2, 0.25) is 0 Å². The lowest BCUT2D eigenvalue weighted by Gasteiger charge is -2.22. The van der Waals surface area contributed by atoms with Crippen LogP contribution < -0.4 is 26.0 Å². The topological polar surface area (TPSA) is 177 Å². The Morgan fingerprint density at radius 1 is 1.04 bits per heavy atom. The lowest BCUT2D eigenvalue weighted by atomic mass is 10.1. The Morgan fingerprint density at radius 2 is 1.76 bits per heavy atom. The third-order valence-electron chi connectivity index (χ3n) is 7.22. The summed E-state index contributed by atoms with van der Waals surface area (Å²) in [7, 11) is -0.657. The summed E-state index contributed by atoms with van der Waals surface area (Å²) in [5.74, 6) is -0.620. The summed E-state index contributed by atoms with van der Waals surface area (Å²) in [5.41, 5.74) is 2.88. The number of benzene rings is 2. The number of nitrogens with zero attached hydrogens (tertiary/aromatic N) is 2. The van der Waals surface area contributed by atoms with Crippen molar-refractivity contribution in [2.75, 3.05) is 72.1 Å². The number of sulfonamides is 1. The first kappa shape index (κ1) is 39.0. The van der Waals surface area contributed by atoms with Crippen molar-refractivity contribution in [2.45, 2.75) is 31.7 Å². The van der Waals surface area contributed by atoms with Gasteiger partial charge in [0.25, 0.3) is 5.91 Å². The number of rotatable bonds is 9. The van der Waals surface area contributed by atoms with Gasteiger partial charge in [-0.05, 0) is 44.7 Å². The highest BCUT2D eigenvalue weighted by molar-refractivity contribution is 7.89.